The van der Waals surface area contributed by atoms with Crippen molar-refractivity contribution in [3.63, 3.8) is 0 Å². The summed E-state index contributed by atoms with van der Waals surface area (Å²) >= 11 is 0. The molecule has 3 aromatic rings. The summed E-state index contributed by atoms with van der Waals surface area (Å²) < 4.78 is 5.41. The lowest BCUT2D eigenvalue weighted by molar-refractivity contribution is 0.449. The number of pyridine rings is 1. The predicted octanol–water partition coefficient (Wildman–Crippen LogP) is 2.38. The van der Waals surface area contributed by atoms with Crippen molar-refractivity contribution in [3.8, 4) is 0 Å². The van der Waals surface area contributed by atoms with Crippen molar-refractivity contribution in [2.75, 3.05) is 0 Å². The summed E-state index contributed by atoms with van der Waals surface area (Å²) in [6.45, 7) is 0. The van der Waals surface area contributed by atoms with E-state index < -0.39 is 0 Å². The van der Waals surface area contributed by atoms with E-state index in [1.165, 1.54) is 0 Å². The molecule has 4 nitrogen and oxygen atoms in total. The van der Waals surface area contributed by atoms with Gasteiger partial charge in [-0.25, -0.2) is 5.43 Å². The molecule has 0 saturated carbocycles. The minimum Gasteiger partial charge on any atom is -0.467 e. The topological polar surface area (TPSA) is 64.1 Å². The van der Waals surface area contributed by atoms with Gasteiger partial charge in [0.2, 0.25) is 0 Å². The normalized spacial score (nSPS) is 12.7. The van der Waals surface area contributed by atoms with Gasteiger partial charge in [0.05, 0.1) is 12.0 Å². The molecule has 18 heavy (non-hydrogen) atoms. The van der Waals surface area contributed by atoms with Crippen LogP contribution in [0.25, 0.3) is 10.8 Å². The van der Waals surface area contributed by atoms with E-state index in [1.807, 2.05) is 36.4 Å². The summed E-state index contributed by atoms with van der Waals surface area (Å²) in [5.41, 5.74) is 3.62. The number of fused-ring (bicyclic) bond motifs is 1. The predicted molar refractivity (Wildman–Crippen MR) is 69.6 cm³/mol. The molecule has 2 heterocycles. The minimum absolute atomic E-state index is 0.244. The average Bonchev–Trinajstić information content (AvgIpc) is 2.94. The highest BCUT2D eigenvalue weighted by atomic mass is 16.3. The smallest absolute Gasteiger partial charge is 0.128 e. The molecule has 0 spiro atoms. The third-order valence-corrected chi connectivity index (χ3v) is 2.97. The van der Waals surface area contributed by atoms with Gasteiger partial charge in [-0.05, 0) is 23.6 Å². The molecule has 3 N–H and O–H groups in total. The molecule has 2 aromatic heterocycles. The first-order valence-electron chi connectivity index (χ1n) is 5.73. The van der Waals surface area contributed by atoms with Crippen LogP contribution in [0.2, 0.25) is 0 Å². The summed E-state index contributed by atoms with van der Waals surface area (Å²) in [5, 5.41) is 2.20. The number of hydrogen-bond acceptors (Lipinski definition) is 4. The zero-order valence-corrected chi connectivity index (χ0v) is 9.71. The molecule has 0 bridgehead atoms. The van der Waals surface area contributed by atoms with Crippen LogP contribution in [0, 0.1) is 0 Å². The molecule has 0 saturated heterocycles. The lowest BCUT2D eigenvalue weighted by Gasteiger charge is -2.14. The van der Waals surface area contributed by atoms with Gasteiger partial charge in [0.25, 0.3) is 0 Å². The molecule has 0 fully saturated rings. The molecule has 1 unspecified atom stereocenters. The van der Waals surface area contributed by atoms with Crippen molar-refractivity contribution >= 4 is 10.8 Å². The van der Waals surface area contributed by atoms with Gasteiger partial charge in [-0.2, -0.15) is 0 Å². The van der Waals surface area contributed by atoms with Crippen molar-refractivity contribution in [3.05, 3.63) is 66.4 Å². The molecule has 0 aliphatic heterocycles. The number of hydrazine groups is 1. The number of nitrogens with one attached hydrogen (secondary N) is 1. The fourth-order valence-corrected chi connectivity index (χ4v) is 2.12. The molecule has 0 radical (unpaired) electrons. The third-order valence-electron chi connectivity index (χ3n) is 2.97. The average molecular weight is 239 g/mol. The molecule has 1 atom stereocenters. The Morgan fingerprint density at radius 1 is 1.11 bits per heavy atom. The van der Waals surface area contributed by atoms with Crippen molar-refractivity contribution in [2.24, 2.45) is 5.84 Å². The van der Waals surface area contributed by atoms with E-state index >= 15 is 0 Å². The van der Waals surface area contributed by atoms with E-state index in [0.29, 0.717) is 0 Å². The quantitative estimate of drug-likeness (QED) is 0.544. The van der Waals surface area contributed by atoms with Gasteiger partial charge in [-0.1, -0.05) is 24.3 Å². The fraction of sp³-hybridized carbons (Fsp3) is 0.0714. The van der Waals surface area contributed by atoms with E-state index in [-0.39, 0.29) is 6.04 Å². The van der Waals surface area contributed by atoms with Crippen LogP contribution in [-0.4, -0.2) is 4.98 Å². The highest BCUT2D eigenvalue weighted by Gasteiger charge is 2.18. The van der Waals surface area contributed by atoms with Gasteiger partial charge in [0.1, 0.15) is 11.8 Å². The molecule has 0 aliphatic rings. The molecule has 0 amide bonds. The monoisotopic (exact) mass is 239 g/mol. The van der Waals surface area contributed by atoms with E-state index in [1.54, 1.807) is 12.5 Å². The van der Waals surface area contributed by atoms with Crippen LogP contribution >= 0.6 is 0 Å². The maximum atomic E-state index is 5.64. The van der Waals surface area contributed by atoms with E-state index in [9.17, 15) is 0 Å². The fourth-order valence-electron chi connectivity index (χ4n) is 2.12. The van der Waals surface area contributed by atoms with E-state index in [4.69, 9.17) is 10.3 Å². The number of hydrogen-bond donors (Lipinski definition) is 2. The number of furan rings is 1. The van der Waals surface area contributed by atoms with Crippen LogP contribution in [-0.2, 0) is 0 Å². The summed E-state index contributed by atoms with van der Waals surface area (Å²) in [6.07, 6.45) is 3.41. The first kappa shape index (κ1) is 11.0. The Bertz CT molecular complexity index is 644. The van der Waals surface area contributed by atoms with E-state index in [0.717, 1.165) is 22.2 Å². The largest absolute Gasteiger partial charge is 0.467 e. The van der Waals surface area contributed by atoms with Gasteiger partial charge < -0.3 is 4.42 Å². The number of rotatable bonds is 3. The second-order valence-electron chi connectivity index (χ2n) is 4.03. The van der Waals surface area contributed by atoms with Crippen LogP contribution < -0.4 is 11.3 Å². The molecular formula is C14H13N3O. The zero-order valence-electron chi connectivity index (χ0n) is 9.71. The zero-order chi connectivity index (χ0) is 12.4. The number of nitrogens with two attached hydrogens (primary N) is 1. The molecule has 90 valence electrons. The van der Waals surface area contributed by atoms with Crippen molar-refractivity contribution in [2.45, 2.75) is 6.04 Å². The third kappa shape index (κ3) is 1.77. The van der Waals surface area contributed by atoms with Crippen molar-refractivity contribution < 1.29 is 4.42 Å². The number of aromatic nitrogens is 1. The minimum atomic E-state index is -0.244. The summed E-state index contributed by atoms with van der Waals surface area (Å²) in [7, 11) is 0. The SMILES string of the molecule is NNC(c1ccco1)c1nccc2ccccc12. The Labute approximate surface area is 104 Å². The molecule has 0 aliphatic carbocycles. The maximum absolute atomic E-state index is 5.64. The second-order valence-corrected chi connectivity index (χ2v) is 4.03. The number of nitrogens with zero attached hydrogens (tertiary/aromatic N) is 1. The van der Waals surface area contributed by atoms with Crippen LogP contribution in [0.5, 0.6) is 0 Å². The van der Waals surface area contributed by atoms with Gasteiger partial charge in [0, 0.05) is 11.6 Å². The summed E-state index contributed by atoms with van der Waals surface area (Å²) in [4.78, 5) is 4.43. The Hall–Kier alpha value is -2.17. The first-order valence-corrected chi connectivity index (χ1v) is 5.73. The van der Waals surface area contributed by atoms with Crippen LogP contribution in [0.3, 0.4) is 0 Å². The second kappa shape index (κ2) is 4.60. The van der Waals surface area contributed by atoms with Gasteiger partial charge in [0.15, 0.2) is 0 Å². The highest BCUT2D eigenvalue weighted by Crippen LogP contribution is 2.26. The lowest BCUT2D eigenvalue weighted by Crippen LogP contribution is -2.29. The molecule has 4 heteroatoms. The maximum Gasteiger partial charge on any atom is 0.128 e. The Kier molecular flexibility index (Phi) is 2.80. The van der Waals surface area contributed by atoms with Gasteiger partial charge in [-0.15, -0.1) is 0 Å². The van der Waals surface area contributed by atoms with Crippen LogP contribution in [0.1, 0.15) is 17.5 Å². The Morgan fingerprint density at radius 3 is 2.78 bits per heavy atom. The molecular weight excluding hydrogens is 226 g/mol. The van der Waals surface area contributed by atoms with Crippen LogP contribution in [0.15, 0.2) is 59.3 Å². The summed E-state index contributed by atoms with van der Waals surface area (Å²) in [5.74, 6) is 6.39. The van der Waals surface area contributed by atoms with E-state index in [2.05, 4.69) is 16.5 Å². The van der Waals surface area contributed by atoms with Gasteiger partial charge >= 0.3 is 0 Å². The summed E-state index contributed by atoms with van der Waals surface area (Å²) in [6, 6.07) is 13.5. The molecule has 1 aromatic carbocycles. The van der Waals surface area contributed by atoms with Crippen molar-refractivity contribution in [1.29, 1.82) is 0 Å². The first-order chi connectivity index (χ1) is 8.90. The van der Waals surface area contributed by atoms with Crippen molar-refractivity contribution in [1.82, 2.24) is 10.4 Å². The van der Waals surface area contributed by atoms with Crippen LogP contribution in [0.4, 0.5) is 0 Å². The van der Waals surface area contributed by atoms with Gasteiger partial charge in [-0.3, -0.25) is 10.8 Å². The Balaban J connectivity index is 2.18. The Morgan fingerprint density at radius 2 is 2.00 bits per heavy atom. The standard InChI is InChI=1S/C14H13N3O/c15-17-14(12-6-3-9-18-12)13-11-5-2-1-4-10(11)7-8-16-13/h1-9,14,17H,15H2. The molecule has 3 rings (SSSR count). The number of benzene rings is 1. The lowest BCUT2D eigenvalue weighted by atomic mass is 10.0. The highest BCUT2D eigenvalue weighted by molar-refractivity contribution is 5.84.